The number of carbonyl (C=O) groups excluding carboxylic acids is 1. The van der Waals surface area contributed by atoms with Crippen LogP contribution >= 0.6 is 23.1 Å². The fraction of sp³-hybridized carbons (Fsp3) is 0.364. The molecule has 0 aliphatic heterocycles. The maximum Gasteiger partial charge on any atom is 0.354 e. The van der Waals surface area contributed by atoms with Crippen LogP contribution in [-0.4, -0.2) is 23.4 Å². The first-order valence-electron chi connectivity index (χ1n) is 4.97. The van der Waals surface area contributed by atoms with Crippen LogP contribution in [0.4, 0.5) is 0 Å². The Balaban J connectivity index is 2.45. The first-order chi connectivity index (χ1) is 7.67. The molecule has 2 aromatic rings. The summed E-state index contributed by atoms with van der Waals surface area (Å²) in [5, 5.41) is 0. The van der Waals surface area contributed by atoms with Crippen molar-refractivity contribution in [1.29, 1.82) is 0 Å². The predicted molar refractivity (Wildman–Crippen MR) is 68.5 cm³/mol. The normalized spacial score (nSPS) is 10.9. The predicted octanol–water partition coefficient (Wildman–Crippen LogP) is 3.14. The first kappa shape index (κ1) is 11.5. The van der Waals surface area contributed by atoms with Gasteiger partial charge in [-0.1, -0.05) is 0 Å². The summed E-state index contributed by atoms with van der Waals surface area (Å²) in [7, 11) is 1.89. The van der Waals surface area contributed by atoms with Gasteiger partial charge in [-0.2, -0.15) is 0 Å². The van der Waals surface area contributed by atoms with Gasteiger partial charge in [-0.15, -0.1) is 23.1 Å². The number of aryl methyl sites for hydroxylation is 1. The minimum atomic E-state index is -0.251. The van der Waals surface area contributed by atoms with Crippen LogP contribution in [0.3, 0.4) is 0 Å². The van der Waals surface area contributed by atoms with E-state index >= 15 is 0 Å². The van der Waals surface area contributed by atoms with E-state index in [1.54, 1.807) is 23.1 Å². The number of ether oxygens (including phenoxy) is 1. The molecule has 5 heteroatoms. The molecule has 0 aliphatic carbocycles. The highest BCUT2D eigenvalue weighted by Crippen LogP contribution is 2.33. The van der Waals surface area contributed by atoms with Gasteiger partial charge in [0.2, 0.25) is 0 Å². The molecule has 0 unspecified atom stereocenters. The van der Waals surface area contributed by atoms with Crippen LogP contribution in [0.1, 0.15) is 17.4 Å². The third-order valence-corrected chi connectivity index (χ3v) is 4.53. The van der Waals surface area contributed by atoms with Crippen LogP contribution in [0.5, 0.6) is 0 Å². The van der Waals surface area contributed by atoms with Crippen molar-refractivity contribution in [3.05, 3.63) is 17.8 Å². The van der Waals surface area contributed by atoms with Crippen molar-refractivity contribution < 1.29 is 9.53 Å². The molecule has 2 heterocycles. The second-order valence-electron chi connectivity index (χ2n) is 3.33. The van der Waals surface area contributed by atoms with Gasteiger partial charge in [-0.25, -0.2) is 4.79 Å². The first-order valence-corrected chi connectivity index (χ1v) is 7.02. The van der Waals surface area contributed by atoms with Crippen LogP contribution in [0.2, 0.25) is 0 Å². The minimum Gasteiger partial charge on any atom is -0.461 e. The molecule has 86 valence electrons. The lowest BCUT2D eigenvalue weighted by molar-refractivity contribution is 0.0516. The number of carbonyl (C=O) groups is 1. The van der Waals surface area contributed by atoms with Gasteiger partial charge in [-0.3, -0.25) is 0 Å². The molecule has 2 aromatic heterocycles. The second kappa shape index (κ2) is 4.51. The molecule has 3 nitrogen and oxygen atoms in total. The van der Waals surface area contributed by atoms with Gasteiger partial charge < -0.3 is 9.30 Å². The van der Waals surface area contributed by atoms with E-state index in [1.165, 1.54) is 4.21 Å². The Morgan fingerprint density at radius 2 is 2.31 bits per heavy atom. The number of thioether (sulfide) groups is 1. The van der Waals surface area contributed by atoms with Crippen molar-refractivity contribution in [3.8, 4) is 0 Å². The van der Waals surface area contributed by atoms with E-state index in [4.69, 9.17) is 4.74 Å². The maximum absolute atomic E-state index is 11.6. The van der Waals surface area contributed by atoms with Gasteiger partial charge >= 0.3 is 5.97 Å². The lowest BCUT2D eigenvalue weighted by atomic mass is 10.4. The molecule has 0 saturated heterocycles. The molecule has 16 heavy (non-hydrogen) atoms. The average Bonchev–Trinajstić information content (AvgIpc) is 2.79. The van der Waals surface area contributed by atoms with Gasteiger partial charge in [0.1, 0.15) is 5.69 Å². The standard InChI is InChI=1S/C11H13NO2S2/c1-4-14-11(13)8-5-9-7(12(8)2)6-10(15-3)16-9/h5-6H,4H2,1-3H3. The molecular weight excluding hydrogens is 242 g/mol. The molecule has 0 aromatic carbocycles. The Morgan fingerprint density at radius 1 is 1.56 bits per heavy atom. The molecule has 0 aliphatic rings. The van der Waals surface area contributed by atoms with E-state index in [0.717, 1.165) is 10.2 Å². The highest BCUT2D eigenvalue weighted by atomic mass is 32.2. The van der Waals surface area contributed by atoms with Gasteiger partial charge in [0.15, 0.2) is 0 Å². The Bertz CT molecular complexity index is 527. The smallest absolute Gasteiger partial charge is 0.354 e. The summed E-state index contributed by atoms with van der Waals surface area (Å²) in [6.45, 7) is 2.22. The lowest BCUT2D eigenvalue weighted by Gasteiger charge is -2.02. The van der Waals surface area contributed by atoms with E-state index in [-0.39, 0.29) is 5.97 Å². The second-order valence-corrected chi connectivity index (χ2v) is 5.52. The summed E-state index contributed by atoms with van der Waals surface area (Å²) in [5.74, 6) is -0.251. The zero-order valence-corrected chi connectivity index (χ0v) is 11.1. The Hall–Kier alpha value is -0.940. The van der Waals surface area contributed by atoms with Crippen LogP contribution in [-0.2, 0) is 11.8 Å². The van der Waals surface area contributed by atoms with Gasteiger partial charge in [0.05, 0.1) is 21.0 Å². The van der Waals surface area contributed by atoms with E-state index in [0.29, 0.717) is 12.3 Å². The summed E-state index contributed by atoms with van der Waals surface area (Å²) in [5.41, 5.74) is 1.72. The zero-order chi connectivity index (χ0) is 11.7. The van der Waals surface area contributed by atoms with Gasteiger partial charge in [0, 0.05) is 7.05 Å². The van der Waals surface area contributed by atoms with Crippen LogP contribution in [0, 0.1) is 0 Å². The number of fused-ring (bicyclic) bond motifs is 1. The van der Waals surface area contributed by atoms with Crippen molar-refractivity contribution in [2.45, 2.75) is 11.1 Å². The Kier molecular flexibility index (Phi) is 3.25. The van der Waals surface area contributed by atoms with E-state index in [9.17, 15) is 4.79 Å². The van der Waals surface area contributed by atoms with Gasteiger partial charge in [-0.05, 0) is 25.3 Å². The summed E-state index contributed by atoms with van der Waals surface area (Å²) in [6, 6.07) is 4.01. The number of aromatic nitrogens is 1. The van der Waals surface area contributed by atoms with Gasteiger partial charge in [0.25, 0.3) is 0 Å². The minimum absolute atomic E-state index is 0.251. The summed E-state index contributed by atoms with van der Waals surface area (Å²) in [6.07, 6.45) is 2.05. The Morgan fingerprint density at radius 3 is 2.88 bits per heavy atom. The average molecular weight is 255 g/mol. The van der Waals surface area contributed by atoms with Crippen molar-refractivity contribution in [2.24, 2.45) is 7.05 Å². The third-order valence-electron chi connectivity index (χ3n) is 2.39. The number of nitrogens with zero attached hydrogens (tertiary/aromatic N) is 1. The zero-order valence-electron chi connectivity index (χ0n) is 9.44. The summed E-state index contributed by atoms with van der Waals surface area (Å²) >= 11 is 3.42. The van der Waals surface area contributed by atoms with Crippen LogP contribution in [0.25, 0.3) is 10.2 Å². The highest BCUT2D eigenvalue weighted by molar-refractivity contribution is 8.00. The number of thiophene rings is 1. The van der Waals surface area contributed by atoms with Crippen molar-refractivity contribution >= 4 is 39.3 Å². The molecule has 0 atom stereocenters. The number of rotatable bonds is 3. The molecule has 0 amide bonds. The lowest BCUT2D eigenvalue weighted by Crippen LogP contribution is -2.09. The van der Waals surface area contributed by atoms with Crippen molar-refractivity contribution in [2.75, 3.05) is 12.9 Å². The fourth-order valence-corrected chi connectivity index (χ4v) is 3.28. The number of hydrogen-bond acceptors (Lipinski definition) is 4. The Labute approximate surface area is 102 Å². The van der Waals surface area contributed by atoms with Crippen LogP contribution in [0.15, 0.2) is 16.3 Å². The highest BCUT2D eigenvalue weighted by Gasteiger charge is 2.16. The summed E-state index contributed by atoms with van der Waals surface area (Å²) < 4.78 is 9.29. The van der Waals surface area contributed by atoms with E-state index in [1.807, 2.05) is 24.6 Å². The van der Waals surface area contributed by atoms with Crippen molar-refractivity contribution in [3.63, 3.8) is 0 Å². The monoisotopic (exact) mass is 255 g/mol. The topological polar surface area (TPSA) is 31.2 Å². The maximum atomic E-state index is 11.6. The van der Waals surface area contributed by atoms with Crippen molar-refractivity contribution in [1.82, 2.24) is 4.57 Å². The largest absolute Gasteiger partial charge is 0.461 e. The van der Waals surface area contributed by atoms with E-state index in [2.05, 4.69) is 12.3 Å². The number of esters is 1. The SMILES string of the molecule is CCOC(=O)c1cc2sc(SC)cc2n1C. The van der Waals surface area contributed by atoms with Crippen LogP contribution < -0.4 is 0 Å². The fourth-order valence-electron chi connectivity index (χ4n) is 1.59. The molecule has 0 fully saturated rings. The molecule has 0 saturated carbocycles. The molecule has 0 bridgehead atoms. The number of hydrogen-bond donors (Lipinski definition) is 0. The molecule has 0 spiro atoms. The molecule has 2 rings (SSSR count). The third kappa shape index (κ3) is 1.85. The molecular formula is C11H13NO2S2. The molecule has 0 radical (unpaired) electrons. The quantitative estimate of drug-likeness (QED) is 0.623. The summed E-state index contributed by atoms with van der Waals surface area (Å²) in [4.78, 5) is 11.6. The molecule has 0 N–H and O–H groups in total. The van der Waals surface area contributed by atoms with E-state index < -0.39 is 0 Å².